The van der Waals surface area contributed by atoms with Gasteiger partial charge in [-0.2, -0.15) is 5.26 Å². The van der Waals surface area contributed by atoms with Crippen molar-refractivity contribution in [2.75, 3.05) is 43.2 Å². The van der Waals surface area contributed by atoms with Gasteiger partial charge in [0.1, 0.15) is 5.75 Å². The first-order valence-electron chi connectivity index (χ1n) is 13.0. The maximum absolute atomic E-state index is 13.8. The van der Waals surface area contributed by atoms with Crippen LogP contribution in [0.15, 0.2) is 48.8 Å². The lowest BCUT2D eigenvalue weighted by Crippen LogP contribution is -2.61. The molecule has 3 aliphatic rings. The number of pyridine rings is 1. The van der Waals surface area contributed by atoms with Crippen molar-refractivity contribution in [3.05, 3.63) is 59.9 Å². The quantitative estimate of drug-likeness (QED) is 0.565. The number of anilines is 2. The molecule has 3 atom stereocenters. The highest BCUT2D eigenvalue weighted by Crippen LogP contribution is 2.42. The van der Waals surface area contributed by atoms with Crippen LogP contribution in [0, 0.1) is 17.2 Å². The van der Waals surface area contributed by atoms with Crippen molar-refractivity contribution in [3.63, 3.8) is 0 Å². The Kier molecular flexibility index (Phi) is 6.34. The van der Waals surface area contributed by atoms with Crippen molar-refractivity contribution in [2.24, 2.45) is 5.92 Å². The van der Waals surface area contributed by atoms with Gasteiger partial charge in [-0.15, -0.1) is 0 Å². The number of carbonyl (C=O) groups excluding carboxylic acids is 2. The first-order chi connectivity index (χ1) is 18.6. The highest BCUT2D eigenvalue weighted by molar-refractivity contribution is 6.20. The zero-order valence-electron chi connectivity index (χ0n) is 21.2. The van der Waals surface area contributed by atoms with Crippen LogP contribution < -0.4 is 19.9 Å². The number of hydrogen-bond acceptors (Lipinski definition) is 7. The first kappa shape index (κ1) is 24.2. The second-order valence-corrected chi connectivity index (χ2v) is 10.1. The Morgan fingerprint density at radius 2 is 1.95 bits per heavy atom. The number of amides is 3. The van der Waals surface area contributed by atoms with Crippen LogP contribution in [0.5, 0.6) is 5.75 Å². The summed E-state index contributed by atoms with van der Waals surface area (Å²) in [7, 11) is 1.60. The lowest BCUT2D eigenvalue weighted by atomic mass is 9.73. The molecule has 1 saturated carbocycles. The fraction of sp³-hybridized carbons (Fsp3) is 0.379. The zero-order chi connectivity index (χ0) is 26.2. The van der Waals surface area contributed by atoms with E-state index in [0.717, 1.165) is 41.5 Å². The second kappa shape index (κ2) is 9.95. The molecule has 1 aromatic heterocycles. The number of ether oxygens (including phenoxy) is 2. The number of imide groups is 1. The van der Waals surface area contributed by atoms with E-state index in [0.29, 0.717) is 43.1 Å². The van der Waals surface area contributed by atoms with Gasteiger partial charge in [0, 0.05) is 41.8 Å². The fourth-order valence-corrected chi connectivity index (χ4v) is 6.07. The third-order valence-corrected chi connectivity index (χ3v) is 8.06. The molecule has 194 valence electrons. The van der Waals surface area contributed by atoms with Gasteiger partial charge in [-0.1, -0.05) is 6.07 Å². The number of fused-ring (bicyclic) bond motifs is 2. The summed E-state index contributed by atoms with van der Waals surface area (Å²) < 4.78 is 10.9. The van der Waals surface area contributed by atoms with Crippen LogP contribution in [0.25, 0.3) is 10.8 Å². The maximum atomic E-state index is 13.8. The van der Waals surface area contributed by atoms with Crippen LogP contribution in [-0.2, 0) is 9.53 Å². The number of urea groups is 1. The van der Waals surface area contributed by atoms with Crippen molar-refractivity contribution < 1.29 is 19.1 Å². The summed E-state index contributed by atoms with van der Waals surface area (Å²) in [6.07, 6.45) is 5.30. The van der Waals surface area contributed by atoms with Crippen LogP contribution in [0.3, 0.4) is 0 Å². The molecular formula is C29H29N5O4. The minimum Gasteiger partial charge on any atom is -0.497 e. The molecule has 0 spiro atoms. The Hall–Kier alpha value is -4.16. The van der Waals surface area contributed by atoms with Crippen LogP contribution >= 0.6 is 0 Å². The molecule has 9 heteroatoms. The molecule has 38 heavy (non-hydrogen) atoms. The van der Waals surface area contributed by atoms with E-state index in [1.807, 2.05) is 24.3 Å². The molecule has 3 aromatic rings. The highest BCUT2D eigenvalue weighted by atomic mass is 16.5. The van der Waals surface area contributed by atoms with Crippen molar-refractivity contribution in [2.45, 2.75) is 31.2 Å². The van der Waals surface area contributed by atoms with Gasteiger partial charge in [-0.05, 0) is 61.1 Å². The zero-order valence-corrected chi connectivity index (χ0v) is 21.2. The Labute approximate surface area is 220 Å². The van der Waals surface area contributed by atoms with E-state index in [9.17, 15) is 14.9 Å². The Balaban J connectivity index is 1.28. The number of rotatable bonds is 4. The fourth-order valence-electron chi connectivity index (χ4n) is 6.07. The molecule has 0 bridgehead atoms. The minimum absolute atomic E-state index is 0.0518. The predicted molar refractivity (Wildman–Crippen MR) is 142 cm³/mol. The number of nitrogens with zero attached hydrogens (tertiary/aromatic N) is 4. The minimum atomic E-state index is -0.436. The summed E-state index contributed by atoms with van der Waals surface area (Å²) in [6, 6.07) is 13.0. The number of nitrogens with one attached hydrogen (secondary N) is 1. The van der Waals surface area contributed by atoms with Crippen LogP contribution in [0.1, 0.15) is 36.3 Å². The van der Waals surface area contributed by atoms with Gasteiger partial charge in [0.15, 0.2) is 0 Å². The monoisotopic (exact) mass is 511 g/mol. The number of benzene rings is 2. The number of nitriles is 1. The topological polar surface area (TPSA) is 108 Å². The van der Waals surface area contributed by atoms with E-state index in [2.05, 4.69) is 21.3 Å². The summed E-state index contributed by atoms with van der Waals surface area (Å²) in [5.41, 5.74) is 3.04. The van der Waals surface area contributed by atoms with Crippen LogP contribution in [0.4, 0.5) is 16.2 Å². The summed E-state index contributed by atoms with van der Waals surface area (Å²) in [5, 5.41) is 14.4. The molecule has 0 radical (unpaired) electrons. The third-order valence-electron chi connectivity index (χ3n) is 8.06. The Bertz CT molecular complexity index is 1440. The lowest BCUT2D eigenvalue weighted by molar-refractivity contribution is -0.124. The van der Waals surface area contributed by atoms with E-state index in [4.69, 9.17) is 9.47 Å². The van der Waals surface area contributed by atoms with E-state index in [1.54, 1.807) is 31.6 Å². The van der Waals surface area contributed by atoms with Crippen LogP contribution in [-0.4, -0.2) is 56.4 Å². The summed E-state index contributed by atoms with van der Waals surface area (Å²) in [5.74, 6) is 0.208. The van der Waals surface area contributed by atoms with Gasteiger partial charge in [0.05, 0.1) is 49.8 Å². The molecule has 1 N–H and O–H groups in total. The number of aromatic nitrogens is 1. The van der Waals surface area contributed by atoms with Gasteiger partial charge in [0.2, 0.25) is 5.91 Å². The average molecular weight is 512 g/mol. The summed E-state index contributed by atoms with van der Waals surface area (Å²) in [6.45, 7) is 2.93. The van der Waals surface area contributed by atoms with Crippen molar-refractivity contribution in [1.82, 2.24) is 10.3 Å². The number of methoxy groups -OCH3 is 1. The number of carbonyl (C=O) groups is 2. The number of hydrogen-bond donors (Lipinski definition) is 1. The smallest absolute Gasteiger partial charge is 0.329 e. The van der Waals surface area contributed by atoms with E-state index < -0.39 is 6.03 Å². The molecule has 3 amide bonds. The molecule has 3 fully saturated rings. The Morgan fingerprint density at radius 3 is 2.74 bits per heavy atom. The molecule has 3 unspecified atom stereocenters. The van der Waals surface area contributed by atoms with E-state index in [-0.39, 0.29) is 23.8 Å². The van der Waals surface area contributed by atoms with Gasteiger partial charge in [-0.25, -0.2) is 9.69 Å². The van der Waals surface area contributed by atoms with E-state index in [1.165, 1.54) is 4.90 Å². The van der Waals surface area contributed by atoms with E-state index >= 15 is 0 Å². The standard InChI is InChI=1S/C29H29N5O4/c1-37-22-6-3-19(15-30)24(14-22)18-4-7-23-26(12-18)32-29(36)34(28(23)35)27-17-31-16-20-2-5-21(13-25(20)27)33-8-10-38-11-9-33/h2-3,5-6,13-14,16-18,23,26H,4,7-12H2,1H3,(H,32,36). The second-order valence-electron chi connectivity index (χ2n) is 10.1. The molecular weight excluding hydrogens is 482 g/mol. The van der Waals surface area contributed by atoms with Crippen LogP contribution in [0.2, 0.25) is 0 Å². The predicted octanol–water partition coefficient (Wildman–Crippen LogP) is 3.96. The van der Waals surface area contributed by atoms with Gasteiger partial charge >= 0.3 is 6.03 Å². The van der Waals surface area contributed by atoms with Crippen molar-refractivity contribution in [1.29, 1.82) is 5.26 Å². The molecule has 2 aliphatic heterocycles. The Morgan fingerprint density at radius 1 is 1.11 bits per heavy atom. The maximum Gasteiger partial charge on any atom is 0.329 e. The summed E-state index contributed by atoms with van der Waals surface area (Å²) in [4.78, 5) is 35.1. The third kappa shape index (κ3) is 4.21. The normalized spacial score (nSPS) is 23.5. The average Bonchev–Trinajstić information content (AvgIpc) is 2.96. The molecule has 9 nitrogen and oxygen atoms in total. The summed E-state index contributed by atoms with van der Waals surface area (Å²) >= 11 is 0. The molecule has 2 saturated heterocycles. The van der Waals surface area contributed by atoms with Crippen molar-refractivity contribution >= 4 is 34.1 Å². The van der Waals surface area contributed by atoms with Crippen molar-refractivity contribution in [3.8, 4) is 11.8 Å². The SMILES string of the molecule is COc1ccc(C#N)c(C2CCC3C(=O)N(c4cncc5ccc(N6CCOCC6)cc45)C(=O)NC3C2)c1. The highest BCUT2D eigenvalue weighted by Gasteiger charge is 2.45. The molecule has 1 aliphatic carbocycles. The molecule has 2 aromatic carbocycles. The molecule has 3 heterocycles. The largest absolute Gasteiger partial charge is 0.497 e. The molecule has 6 rings (SSSR count). The number of morpholine rings is 1. The first-order valence-corrected chi connectivity index (χ1v) is 13.0. The lowest BCUT2D eigenvalue weighted by Gasteiger charge is -2.42. The van der Waals surface area contributed by atoms with Gasteiger partial charge in [-0.3, -0.25) is 9.78 Å². The van der Waals surface area contributed by atoms with Gasteiger partial charge in [0.25, 0.3) is 0 Å². The van der Waals surface area contributed by atoms with Gasteiger partial charge < -0.3 is 19.7 Å².